The van der Waals surface area contributed by atoms with Crippen LogP contribution in [0.5, 0.6) is 0 Å². The van der Waals surface area contributed by atoms with Crippen LogP contribution in [0.4, 0.5) is 5.69 Å². The number of rotatable bonds is 6. The maximum Gasteiger partial charge on any atom is 0.337 e. The molecule has 0 atom stereocenters. The van der Waals surface area contributed by atoms with E-state index in [0.29, 0.717) is 12.2 Å². The molecule has 0 aliphatic carbocycles. The summed E-state index contributed by atoms with van der Waals surface area (Å²) < 4.78 is 2.07. The van der Waals surface area contributed by atoms with Crippen LogP contribution in [0.15, 0.2) is 36.8 Å². The summed E-state index contributed by atoms with van der Waals surface area (Å²) in [5.74, 6) is -0.926. The molecule has 2 N–H and O–H groups in total. The molecule has 0 aliphatic rings. The molecule has 100 valence electrons. The molecule has 0 saturated heterocycles. The fraction of sp³-hybridized carbons (Fsp3) is 0.286. The molecule has 19 heavy (non-hydrogen) atoms. The van der Waals surface area contributed by atoms with Crippen LogP contribution in [0.3, 0.4) is 0 Å². The van der Waals surface area contributed by atoms with E-state index in [-0.39, 0.29) is 5.56 Å². The highest BCUT2D eigenvalue weighted by atomic mass is 16.4. The normalized spacial score (nSPS) is 10.4. The molecule has 0 radical (unpaired) electrons. The predicted molar refractivity (Wildman–Crippen MR) is 73.2 cm³/mol. The van der Waals surface area contributed by atoms with E-state index in [4.69, 9.17) is 5.11 Å². The van der Waals surface area contributed by atoms with E-state index in [1.807, 2.05) is 6.07 Å². The number of aryl methyl sites for hydroxylation is 1. The monoisotopic (exact) mass is 259 g/mol. The summed E-state index contributed by atoms with van der Waals surface area (Å²) in [6, 6.07) is 6.89. The molecule has 1 aromatic heterocycles. The Balaban J connectivity index is 2.10. The Morgan fingerprint density at radius 3 is 2.95 bits per heavy atom. The second-order valence-electron chi connectivity index (χ2n) is 4.28. The van der Waals surface area contributed by atoms with Crippen LogP contribution in [0.2, 0.25) is 0 Å². The summed E-state index contributed by atoms with van der Waals surface area (Å²) in [4.78, 5) is 15.2. The summed E-state index contributed by atoms with van der Waals surface area (Å²) in [6.45, 7) is 3.58. The van der Waals surface area contributed by atoms with Gasteiger partial charge in [0.2, 0.25) is 0 Å². The molecule has 5 heteroatoms. The predicted octanol–water partition coefficient (Wildman–Crippen LogP) is 2.60. The van der Waals surface area contributed by atoms with Gasteiger partial charge in [0.1, 0.15) is 0 Å². The highest BCUT2D eigenvalue weighted by Gasteiger charge is 2.09. The summed E-state index contributed by atoms with van der Waals surface area (Å²) >= 11 is 0. The van der Waals surface area contributed by atoms with Gasteiger partial charge in [0.05, 0.1) is 24.1 Å². The lowest BCUT2D eigenvalue weighted by Gasteiger charge is -2.11. The van der Waals surface area contributed by atoms with Gasteiger partial charge in [0, 0.05) is 18.4 Å². The van der Waals surface area contributed by atoms with E-state index in [0.717, 1.165) is 18.7 Å². The van der Waals surface area contributed by atoms with Crippen LogP contribution in [0.25, 0.3) is 0 Å². The number of aromatic carboxylic acids is 1. The van der Waals surface area contributed by atoms with E-state index in [1.165, 1.54) is 0 Å². The molecule has 5 nitrogen and oxygen atoms in total. The van der Waals surface area contributed by atoms with Crippen LogP contribution >= 0.6 is 0 Å². The number of benzene rings is 1. The first-order chi connectivity index (χ1) is 9.22. The lowest BCUT2D eigenvalue weighted by atomic mass is 10.2. The quantitative estimate of drug-likeness (QED) is 0.836. The van der Waals surface area contributed by atoms with Gasteiger partial charge in [-0.1, -0.05) is 19.1 Å². The molecular formula is C14H17N3O2. The second kappa shape index (κ2) is 6.04. The van der Waals surface area contributed by atoms with Crippen LogP contribution in [0, 0.1) is 0 Å². The van der Waals surface area contributed by atoms with Crippen molar-refractivity contribution in [2.24, 2.45) is 0 Å². The first-order valence-electron chi connectivity index (χ1n) is 6.27. The van der Waals surface area contributed by atoms with Crippen molar-refractivity contribution in [3.63, 3.8) is 0 Å². The minimum atomic E-state index is -0.926. The summed E-state index contributed by atoms with van der Waals surface area (Å²) in [5.41, 5.74) is 1.95. The van der Waals surface area contributed by atoms with Crippen molar-refractivity contribution in [1.29, 1.82) is 0 Å². The first kappa shape index (κ1) is 13.1. The zero-order chi connectivity index (χ0) is 13.7. The number of nitrogens with zero attached hydrogens (tertiary/aromatic N) is 2. The molecule has 0 fully saturated rings. The molecule has 1 aromatic carbocycles. The standard InChI is InChI=1S/C14H17N3O2/c1-2-7-17-10-15-8-11(17)9-16-13-6-4-3-5-12(13)14(18)19/h3-6,8,10,16H,2,7,9H2,1H3,(H,18,19). The topological polar surface area (TPSA) is 67.2 Å². The van der Waals surface area contributed by atoms with E-state index in [2.05, 4.69) is 21.8 Å². The Labute approximate surface area is 111 Å². The number of carboxylic acid groups (broad SMARTS) is 1. The van der Waals surface area contributed by atoms with E-state index < -0.39 is 5.97 Å². The number of aromatic nitrogens is 2. The minimum Gasteiger partial charge on any atom is -0.478 e. The SMILES string of the molecule is CCCn1cncc1CNc1ccccc1C(=O)O. The fourth-order valence-electron chi connectivity index (χ4n) is 1.95. The Hall–Kier alpha value is -2.30. The van der Waals surface area contributed by atoms with Crippen molar-refractivity contribution in [2.75, 3.05) is 5.32 Å². The van der Waals surface area contributed by atoms with Crippen LogP contribution < -0.4 is 5.32 Å². The Bertz CT molecular complexity index is 563. The first-order valence-corrected chi connectivity index (χ1v) is 6.27. The Morgan fingerprint density at radius 2 is 2.21 bits per heavy atom. The fourth-order valence-corrected chi connectivity index (χ4v) is 1.95. The van der Waals surface area contributed by atoms with Gasteiger partial charge in [-0.15, -0.1) is 0 Å². The van der Waals surface area contributed by atoms with Gasteiger partial charge < -0.3 is 15.0 Å². The highest BCUT2D eigenvalue weighted by Crippen LogP contribution is 2.16. The smallest absolute Gasteiger partial charge is 0.337 e. The third kappa shape index (κ3) is 3.13. The molecule has 2 rings (SSSR count). The number of para-hydroxylation sites is 1. The molecule has 0 saturated carbocycles. The van der Waals surface area contributed by atoms with Gasteiger partial charge in [-0.2, -0.15) is 0 Å². The third-order valence-electron chi connectivity index (χ3n) is 2.88. The number of anilines is 1. The van der Waals surface area contributed by atoms with Crippen LogP contribution in [0.1, 0.15) is 29.4 Å². The summed E-state index contributed by atoms with van der Waals surface area (Å²) in [7, 11) is 0. The van der Waals surface area contributed by atoms with Crippen molar-refractivity contribution in [3.05, 3.63) is 48.0 Å². The maximum absolute atomic E-state index is 11.1. The average Bonchev–Trinajstić information content (AvgIpc) is 2.84. The number of carbonyl (C=O) groups is 1. The zero-order valence-corrected chi connectivity index (χ0v) is 10.8. The number of nitrogens with one attached hydrogen (secondary N) is 1. The second-order valence-corrected chi connectivity index (χ2v) is 4.28. The maximum atomic E-state index is 11.1. The van der Waals surface area contributed by atoms with Gasteiger partial charge in [0.25, 0.3) is 0 Å². The summed E-state index contributed by atoms with van der Waals surface area (Å²) in [6.07, 6.45) is 4.63. The van der Waals surface area contributed by atoms with Crippen molar-refractivity contribution >= 4 is 11.7 Å². The molecule has 2 aromatic rings. The number of carboxylic acids is 1. The molecular weight excluding hydrogens is 242 g/mol. The molecule has 0 bridgehead atoms. The van der Waals surface area contributed by atoms with Crippen LogP contribution in [-0.2, 0) is 13.1 Å². The number of imidazole rings is 1. The van der Waals surface area contributed by atoms with Crippen molar-refractivity contribution in [3.8, 4) is 0 Å². The van der Waals surface area contributed by atoms with Gasteiger partial charge in [-0.3, -0.25) is 0 Å². The van der Waals surface area contributed by atoms with Gasteiger partial charge in [-0.05, 0) is 18.6 Å². The van der Waals surface area contributed by atoms with Crippen molar-refractivity contribution in [2.45, 2.75) is 26.4 Å². The Morgan fingerprint density at radius 1 is 1.42 bits per heavy atom. The van der Waals surface area contributed by atoms with E-state index in [9.17, 15) is 4.79 Å². The van der Waals surface area contributed by atoms with Gasteiger partial charge in [0.15, 0.2) is 0 Å². The molecule has 0 aliphatic heterocycles. The van der Waals surface area contributed by atoms with Gasteiger partial charge >= 0.3 is 5.97 Å². The number of hydrogen-bond acceptors (Lipinski definition) is 3. The van der Waals surface area contributed by atoms with Crippen LogP contribution in [-0.4, -0.2) is 20.6 Å². The number of hydrogen-bond donors (Lipinski definition) is 2. The third-order valence-corrected chi connectivity index (χ3v) is 2.88. The van der Waals surface area contributed by atoms with Crippen molar-refractivity contribution < 1.29 is 9.90 Å². The molecule has 1 heterocycles. The summed E-state index contributed by atoms with van der Waals surface area (Å²) in [5, 5.41) is 12.3. The molecule has 0 spiro atoms. The van der Waals surface area contributed by atoms with Crippen molar-refractivity contribution in [1.82, 2.24) is 9.55 Å². The zero-order valence-electron chi connectivity index (χ0n) is 10.8. The molecule has 0 unspecified atom stereocenters. The highest BCUT2D eigenvalue weighted by molar-refractivity contribution is 5.94. The Kier molecular flexibility index (Phi) is 4.18. The average molecular weight is 259 g/mol. The lowest BCUT2D eigenvalue weighted by molar-refractivity contribution is 0.0698. The largest absolute Gasteiger partial charge is 0.478 e. The minimum absolute atomic E-state index is 0.282. The van der Waals surface area contributed by atoms with E-state index >= 15 is 0 Å². The van der Waals surface area contributed by atoms with E-state index in [1.54, 1.807) is 30.7 Å². The van der Waals surface area contributed by atoms with Gasteiger partial charge in [-0.25, -0.2) is 9.78 Å². The molecule has 0 amide bonds. The lowest BCUT2D eigenvalue weighted by Crippen LogP contribution is -2.09.